The van der Waals surface area contributed by atoms with Crippen LogP contribution in [0.3, 0.4) is 0 Å². The molecule has 0 amide bonds. The number of hydrogen-bond acceptors (Lipinski definition) is 6. The van der Waals surface area contributed by atoms with E-state index in [1.54, 1.807) is 0 Å². The topological polar surface area (TPSA) is 70.5 Å². The van der Waals surface area contributed by atoms with E-state index in [1.165, 1.54) is 0 Å². The van der Waals surface area contributed by atoms with Crippen molar-refractivity contribution in [2.24, 2.45) is 0 Å². The van der Waals surface area contributed by atoms with Gasteiger partial charge in [-0.2, -0.15) is 0 Å². The molecule has 0 saturated carbocycles. The van der Waals surface area contributed by atoms with Crippen molar-refractivity contribution >= 4 is 5.82 Å². The van der Waals surface area contributed by atoms with Gasteiger partial charge < -0.3 is 15.2 Å². The van der Waals surface area contributed by atoms with Gasteiger partial charge in [-0.1, -0.05) is 0 Å². The van der Waals surface area contributed by atoms with Crippen LogP contribution in [0.4, 0.5) is 5.82 Å². The monoisotopic (exact) mass is 280 g/mol. The molecule has 1 aromatic rings. The number of ether oxygens (including phenoxy) is 1. The summed E-state index contributed by atoms with van der Waals surface area (Å²) in [6.07, 6.45) is 0.00995. The Morgan fingerprint density at radius 1 is 1.45 bits per heavy atom. The van der Waals surface area contributed by atoms with Crippen molar-refractivity contribution in [1.82, 2.24) is 14.9 Å². The molecular formula is C14H24N4O2. The molecule has 20 heavy (non-hydrogen) atoms. The second-order valence-electron chi connectivity index (χ2n) is 5.29. The maximum Gasteiger partial charge on any atom is 0.144 e. The van der Waals surface area contributed by atoms with Gasteiger partial charge in [0.2, 0.25) is 0 Å². The molecule has 0 aliphatic carbocycles. The molecule has 1 fully saturated rings. The number of nitrogens with one attached hydrogen (secondary N) is 1. The van der Waals surface area contributed by atoms with E-state index < -0.39 is 0 Å². The molecule has 0 radical (unpaired) electrons. The van der Waals surface area contributed by atoms with E-state index >= 15 is 0 Å². The fourth-order valence-corrected chi connectivity index (χ4v) is 2.54. The van der Waals surface area contributed by atoms with Crippen molar-refractivity contribution in [3.63, 3.8) is 0 Å². The number of aliphatic hydroxyl groups is 1. The molecule has 2 unspecified atom stereocenters. The van der Waals surface area contributed by atoms with Crippen LogP contribution in [0.2, 0.25) is 0 Å². The molecule has 2 heterocycles. The summed E-state index contributed by atoms with van der Waals surface area (Å²) in [6.45, 7) is 9.19. The number of aromatic nitrogens is 2. The van der Waals surface area contributed by atoms with E-state index in [9.17, 15) is 5.11 Å². The van der Waals surface area contributed by atoms with E-state index in [0.29, 0.717) is 13.1 Å². The third-order valence-electron chi connectivity index (χ3n) is 3.23. The SMILES string of the molecule is CCNc1cc(C)nc(CN2CC(C)OC(CO)C2)n1. The normalized spacial score (nSPS) is 23.8. The van der Waals surface area contributed by atoms with Crippen molar-refractivity contribution in [3.05, 3.63) is 17.6 Å². The lowest BCUT2D eigenvalue weighted by Crippen LogP contribution is -2.47. The van der Waals surface area contributed by atoms with Crippen molar-refractivity contribution in [1.29, 1.82) is 0 Å². The van der Waals surface area contributed by atoms with Crippen LogP contribution in [0.5, 0.6) is 0 Å². The van der Waals surface area contributed by atoms with Crippen LogP contribution in [0, 0.1) is 6.92 Å². The molecular weight excluding hydrogens is 256 g/mol. The Labute approximate surface area is 120 Å². The van der Waals surface area contributed by atoms with Gasteiger partial charge in [-0.3, -0.25) is 4.90 Å². The lowest BCUT2D eigenvalue weighted by molar-refractivity contribution is -0.0977. The average Bonchev–Trinajstić information content (AvgIpc) is 2.37. The first-order valence-corrected chi connectivity index (χ1v) is 7.17. The summed E-state index contributed by atoms with van der Waals surface area (Å²) in [5.41, 5.74) is 0.964. The minimum Gasteiger partial charge on any atom is -0.394 e. The van der Waals surface area contributed by atoms with Gasteiger partial charge in [0.15, 0.2) is 0 Å². The van der Waals surface area contributed by atoms with Crippen molar-refractivity contribution in [3.8, 4) is 0 Å². The number of morpholine rings is 1. The van der Waals surface area contributed by atoms with Crippen LogP contribution in [0.25, 0.3) is 0 Å². The number of aryl methyl sites for hydroxylation is 1. The molecule has 1 aliphatic rings. The molecule has 6 heteroatoms. The summed E-state index contributed by atoms with van der Waals surface area (Å²) in [6, 6.07) is 1.95. The van der Waals surface area contributed by atoms with Crippen LogP contribution in [0.15, 0.2) is 6.07 Å². The second kappa shape index (κ2) is 6.97. The number of nitrogens with zero attached hydrogens (tertiary/aromatic N) is 3. The highest BCUT2D eigenvalue weighted by molar-refractivity contribution is 5.35. The Bertz CT molecular complexity index is 441. The van der Waals surface area contributed by atoms with Gasteiger partial charge >= 0.3 is 0 Å². The van der Waals surface area contributed by atoms with Gasteiger partial charge in [0.25, 0.3) is 0 Å². The highest BCUT2D eigenvalue weighted by atomic mass is 16.5. The van der Waals surface area contributed by atoms with Crippen molar-refractivity contribution in [2.75, 3.05) is 31.6 Å². The van der Waals surface area contributed by atoms with Crippen molar-refractivity contribution in [2.45, 2.75) is 39.5 Å². The van der Waals surface area contributed by atoms with Gasteiger partial charge in [0.1, 0.15) is 11.6 Å². The Morgan fingerprint density at radius 2 is 2.25 bits per heavy atom. The van der Waals surface area contributed by atoms with Crippen LogP contribution in [0.1, 0.15) is 25.4 Å². The van der Waals surface area contributed by atoms with Crippen LogP contribution in [-0.4, -0.2) is 58.4 Å². The lowest BCUT2D eigenvalue weighted by atomic mass is 10.2. The number of aliphatic hydroxyl groups excluding tert-OH is 1. The predicted molar refractivity (Wildman–Crippen MR) is 77.6 cm³/mol. The number of rotatable bonds is 5. The van der Waals surface area contributed by atoms with Crippen LogP contribution < -0.4 is 5.32 Å². The highest BCUT2D eigenvalue weighted by Gasteiger charge is 2.25. The summed E-state index contributed by atoms with van der Waals surface area (Å²) in [5.74, 6) is 1.68. The average molecular weight is 280 g/mol. The van der Waals surface area contributed by atoms with Gasteiger partial charge in [-0.15, -0.1) is 0 Å². The molecule has 0 aromatic carbocycles. The first-order valence-electron chi connectivity index (χ1n) is 7.17. The molecule has 112 valence electrons. The third-order valence-corrected chi connectivity index (χ3v) is 3.23. The molecule has 2 N–H and O–H groups in total. The summed E-state index contributed by atoms with van der Waals surface area (Å²) >= 11 is 0. The molecule has 1 saturated heterocycles. The Balaban J connectivity index is 2.05. The van der Waals surface area contributed by atoms with Crippen LogP contribution >= 0.6 is 0 Å². The summed E-state index contributed by atoms with van der Waals surface area (Å²) in [7, 11) is 0. The second-order valence-corrected chi connectivity index (χ2v) is 5.29. The smallest absolute Gasteiger partial charge is 0.144 e. The van der Waals surface area contributed by atoms with E-state index in [2.05, 4.69) is 20.2 Å². The first kappa shape index (κ1) is 15.2. The summed E-state index contributed by atoms with van der Waals surface area (Å²) in [4.78, 5) is 11.3. The highest BCUT2D eigenvalue weighted by Crippen LogP contribution is 2.14. The maximum absolute atomic E-state index is 9.26. The standard InChI is InChI=1S/C14H24N4O2/c1-4-15-13-5-10(2)16-14(17-13)8-18-6-11(3)20-12(7-18)9-19/h5,11-12,19H,4,6-9H2,1-3H3,(H,15,16,17). The van der Waals surface area contributed by atoms with Gasteiger partial charge in [0, 0.05) is 31.4 Å². The zero-order chi connectivity index (χ0) is 14.5. The van der Waals surface area contributed by atoms with Gasteiger partial charge in [-0.05, 0) is 20.8 Å². The molecule has 6 nitrogen and oxygen atoms in total. The van der Waals surface area contributed by atoms with Crippen LogP contribution in [-0.2, 0) is 11.3 Å². The van der Waals surface area contributed by atoms with E-state index in [4.69, 9.17) is 4.74 Å². The fourth-order valence-electron chi connectivity index (χ4n) is 2.54. The Kier molecular flexibility index (Phi) is 5.28. The lowest BCUT2D eigenvalue weighted by Gasteiger charge is -2.35. The Hall–Kier alpha value is -1.24. The molecule has 1 aliphatic heterocycles. The third kappa shape index (κ3) is 4.13. The number of anilines is 1. The minimum absolute atomic E-state index is 0.0537. The van der Waals surface area contributed by atoms with Gasteiger partial charge in [-0.25, -0.2) is 9.97 Å². The zero-order valence-corrected chi connectivity index (χ0v) is 12.5. The molecule has 1 aromatic heterocycles. The van der Waals surface area contributed by atoms with E-state index in [-0.39, 0.29) is 18.8 Å². The predicted octanol–water partition coefficient (Wildman–Crippen LogP) is 0.798. The molecule has 2 atom stereocenters. The number of hydrogen-bond donors (Lipinski definition) is 2. The molecule has 2 rings (SSSR count). The zero-order valence-electron chi connectivity index (χ0n) is 12.5. The molecule has 0 bridgehead atoms. The summed E-state index contributed by atoms with van der Waals surface area (Å²) in [5, 5.41) is 12.5. The quantitative estimate of drug-likeness (QED) is 0.831. The fraction of sp³-hybridized carbons (Fsp3) is 0.714. The first-order chi connectivity index (χ1) is 9.60. The largest absolute Gasteiger partial charge is 0.394 e. The Morgan fingerprint density at radius 3 is 2.95 bits per heavy atom. The minimum atomic E-state index is -0.114. The molecule has 0 spiro atoms. The van der Waals surface area contributed by atoms with E-state index in [1.807, 2.05) is 26.8 Å². The maximum atomic E-state index is 9.26. The van der Waals surface area contributed by atoms with Gasteiger partial charge in [0.05, 0.1) is 25.4 Å². The van der Waals surface area contributed by atoms with Crippen molar-refractivity contribution < 1.29 is 9.84 Å². The van der Waals surface area contributed by atoms with E-state index in [0.717, 1.165) is 30.4 Å². The summed E-state index contributed by atoms with van der Waals surface area (Å²) < 4.78 is 5.64.